The van der Waals surface area contributed by atoms with Gasteiger partial charge in [-0.15, -0.1) is 5.10 Å². The van der Waals surface area contributed by atoms with E-state index in [0.29, 0.717) is 17.3 Å². The Hall–Kier alpha value is -3.00. The molecule has 8 heteroatoms. The lowest BCUT2D eigenvalue weighted by Gasteiger charge is -2.20. The first-order chi connectivity index (χ1) is 13.4. The molecule has 0 N–H and O–H groups in total. The van der Waals surface area contributed by atoms with Gasteiger partial charge in [0.15, 0.2) is 5.82 Å². The fourth-order valence-corrected chi connectivity index (χ4v) is 2.93. The lowest BCUT2D eigenvalue weighted by molar-refractivity contribution is -0.113. The van der Waals surface area contributed by atoms with E-state index >= 15 is 0 Å². The summed E-state index contributed by atoms with van der Waals surface area (Å²) in [5.41, 5.74) is 2.94. The molecular weight excluding hydrogens is 422 g/mol. The van der Waals surface area contributed by atoms with Crippen molar-refractivity contribution in [2.24, 2.45) is 0 Å². The molecule has 0 saturated heterocycles. The van der Waals surface area contributed by atoms with E-state index < -0.39 is 0 Å². The standard InChI is InChI=1S/C20H20BrN5O2/c1-13-10-16(8-9-18(13)21)25(3)20(27)19(26-14(2)22-23-24-26)12-15-6-5-7-17(11-15)28-4/h5-12H,1-4H3/b19-12-. The van der Waals surface area contributed by atoms with Crippen LogP contribution in [0.3, 0.4) is 0 Å². The molecule has 7 nitrogen and oxygen atoms in total. The van der Waals surface area contributed by atoms with E-state index in [9.17, 15) is 4.79 Å². The number of methoxy groups -OCH3 is 1. The van der Waals surface area contributed by atoms with Gasteiger partial charge in [-0.3, -0.25) is 4.79 Å². The second-order valence-corrected chi connectivity index (χ2v) is 7.10. The predicted molar refractivity (Wildman–Crippen MR) is 112 cm³/mol. The van der Waals surface area contributed by atoms with E-state index in [2.05, 4.69) is 31.5 Å². The molecular formula is C20H20BrN5O2. The van der Waals surface area contributed by atoms with Crippen molar-refractivity contribution in [1.82, 2.24) is 20.2 Å². The highest BCUT2D eigenvalue weighted by atomic mass is 79.9. The fourth-order valence-electron chi connectivity index (χ4n) is 2.68. The van der Waals surface area contributed by atoms with Crippen LogP contribution in [-0.2, 0) is 4.79 Å². The molecule has 1 amide bonds. The van der Waals surface area contributed by atoms with Crippen LogP contribution in [0.4, 0.5) is 5.69 Å². The second-order valence-electron chi connectivity index (χ2n) is 6.24. The number of rotatable bonds is 5. The number of hydrogen-bond acceptors (Lipinski definition) is 5. The minimum atomic E-state index is -0.236. The van der Waals surface area contributed by atoms with E-state index in [1.807, 2.05) is 49.4 Å². The number of nitrogens with zero attached hydrogens (tertiary/aromatic N) is 5. The Labute approximate surface area is 171 Å². The molecule has 0 fully saturated rings. The first-order valence-corrected chi connectivity index (χ1v) is 9.35. The van der Waals surface area contributed by atoms with E-state index in [0.717, 1.165) is 21.3 Å². The van der Waals surface area contributed by atoms with Gasteiger partial charge in [0.05, 0.1) is 7.11 Å². The van der Waals surface area contributed by atoms with Gasteiger partial charge in [-0.1, -0.05) is 28.1 Å². The number of halogens is 1. The molecule has 1 heterocycles. The molecule has 0 atom stereocenters. The summed E-state index contributed by atoms with van der Waals surface area (Å²) < 4.78 is 7.70. The van der Waals surface area contributed by atoms with Crippen molar-refractivity contribution in [2.75, 3.05) is 19.1 Å². The minimum Gasteiger partial charge on any atom is -0.497 e. The van der Waals surface area contributed by atoms with Crippen LogP contribution in [-0.4, -0.2) is 40.3 Å². The number of hydrogen-bond donors (Lipinski definition) is 0. The SMILES string of the molecule is COc1cccc(/C=C(/C(=O)N(C)c2ccc(Br)c(C)c2)n2nnnc2C)c1. The lowest BCUT2D eigenvalue weighted by atomic mass is 10.1. The van der Waals surface area contributed by atoms with Crippen LogP contribution in [0.5, 0.6) is 5.75 Å². The van der Waals surface area contributed by atoms with Gasteiger partial charge in [-0.25, -0.2) is 0 Å². The van der Waals surface area contributed by atoms with E-state index in [1.54, 1.807) is 32.1 Å². The number of aromatic nitrogens is 4. The smallest absolute Gasteiger partial charge is 0.276 e. The average Bonchev–Trinajstić information content (AvgIpc) is 3.13. The van der Waals surface area contributed by atoms with Crippen LogP contribution in [0, 0.1) is 13.8 Å². The summed E-state index contributed by atoms with van der Waals surface area (Å²) in [6.07, 6.45) is 1.75. The van der Waals surface area contributed by atoms with Gasteiger partial charge in [-0.2, -0.15) is 4.68 Å². The van der Waals surface area contributed by atoms with Crippen LogP contribution in [0.1, 0.15) is 17.0 Å². The summed E-state index contributed by atoms with van der Waals surface area (Å²) in [6, 6.07) is 13.2. The van der Waals surface area contributed by atoms with Crippen molar-refractivity contribution in [3.8, 4) is 5.75 Å². The molecule has 28 heavy (non-hydrogen) atoms. The Morgan fingerprint density at radius 1 is 1.21 bits per heavy atom. The van der Waals surface area contributed by atoms with Crippen LogP contribution in [0.15, 0.2) is 46.9 Å². The third-order valence-electron chi connectivity index (χ3n) is 4.30. The lowest BCUT2D eigenvalue weighted by Crippen LogP contribution is -2.30. The van der Waals surface area contributed by atoms with Crippen molar-refractivity contribution >= 4 is 39.3 Å². The Morgan fingerprint density at radius 2 is 2.00 bits per heavy atom. The highest BCUT2D eigenvalue weighted by molar-refractivity contribution is 9.10. The van der Waals surface area contributed by atoms with Gasteiger partial charge < -0.3 is 9.64 Å². The summed E-state index contributed by atoms with van der Waals surface area (Å²) in [7, 11) is 3.33. The predicted octanol–water partition coefficient (Wildman–Crippen LogP) is 3.72. The summed E-state index contributed by atoms with van der Waals surface area (Å²) >= 11 is 3.49. The number of carbonyl (C=O) groups excluding carboxylic acids is 1. The molecule has 144 valence electrons. The molecule has 3 aromatic rings. The number of ether oxygens (including phenoxy) is 1. The summed E-state index contributed by atoms with van der Waals surface area (Å²) in [5.74, 6) is 0.980. The van der Waals surface area contributed by atoms with Crippen LogP contribution in [0.2, 0.25) is 0 Å². The highest BCUT2D eigenvalue weighted by Gasteiger charge is 2.21. The third-order valence-corrected chi connectivity index (χ3v) is 5.19. The van der Waals surface area contributed by atoms with Gasteiger partial charge in [0.25, 0.3) is 5.91 Å². The Morgan fingerprint density at radius 3 is 2.64 bits per heavy atom. The fraction of sp³-hybridized carbons (Fsp3) is 0.200. The number of anilines is 1. The first kappa shape index (κ1) is 19.8. The molecule has 0 spiro atoms. The zero-order valence-corrected chi connectivity index (χ0v) is 17.6. The van der Waals surface area contributed by atoms with Crippen molar-refractivity contribution in [3.63, 3.8) is 0 Å². The van der Waals surface area contributed by atoms with E-state index in [4.69, 9.17) is 4.74 Å². The summed E-state index contributed by atoms with van der Waals surface area (Å²) in [4.78, 5) is 14.9. The summed E-state index contributed by atoms with van der Waals surface area (Å²) in [5, 5.41) is 11.6. The van der Waals surface area contributed by atoms with Gasteiger partial charge >= 0.3 is 0 Å². The first-order valence-electron chi connectivity index (χ1n) is 8.56. The number of amides is 1. The molecule has 0 aliphatic carbocycles. The van der Waals surface area contributed by atoms with Crippen LogP contribution >= 0.6 is 15.9 Å². The monoisotopic (exact) mass is 441 g/mol. The molecule has 0 aliphatic heterocycles. The number of tetrazole rings is 1. The number of aryl methyl sites for hydroxylation is 2. The molecule has 0 bridgehead atoms. The molecule has 2 aromatic carbocycles. The van der Waals surface area contributed by atoms with Crippen molar-refractivity contribution in [2.45, 2.75) is 13.8 Å². The van der Waals surface area contributed by atoms with Crippen molar-refractivity contribution < 1.29 is 9.53 Å². The van der Waals surface area contributed by atoms with Gasteiger partial charge in [-0.05, 0) is 71.8 Å². The zero-order valence-electron chi connectivity index (χ0n) is 16.0. The molecule has 3 rings (SSSR count). The quantitative estimate of drug-likeness (QED) is 0.564. The van der Waals surface area contributed by atoms with Gasteiger partial charge in [0.1, 0.15) is 11.4 Å². The maximum absolute atomic E-state index is 13.3. The largest absolute Gasteiger partial charge is 0.497 e. The molecule has 0 radical (unpaired) electrons. The van der Waals surface area contributed by atoms with Crippen molar-refractivity contribution in [1.29, 1.82) is 0 Å². The number of benzene rings is 2. The molecule has 0 unspecified atom stereocenters. The van der Waals surface area contributed by atoms with Crippen molar-refractivity contribution in [3.05, 3.63) is 63.9 Å². The van der Waals surface area contributed by atoms with Gasteiger partial charge in [0.2, 0.25) is 0 Å². The Balaban J connectivity index is 2.05. The number of likely N-dealkylation sites (N-methyl/N-ethyl adjacent to an activating group) is 1. The van der Waals surface area contributed by atoms with Crippen LogP contribution in [0.25, 0.3) is 11.8 Å². The highest BCUT2D eigenvalue weighted by Crippen LogP contribution is 2.25. The summed E-state index contributed by atoms with van der Waals surface area (Å²) in [6.45, 7) is 3.72. The van der Waals surface area contributed by atoms with Gasteiger partial charge in [0, 0.05) is 17.2 Å². The Kier molecular flexibility index (Phi) is 5.89. The molecule has 1 aromatic heterocycles. The number of carbonyl (C=O) groups is 1. The van der Waals surface area contributed by atoms with E-state index in [-0.39, 0.29) is 5.91 Å². The maximum atomic E-state index is 13.3. The third kappa shape index (κ3) is 4.12. The van der Waals surface area contributed by atoms with E-state index in [1.165, 1.54) is 4.68 Å². The molecule has 0 aliphatic rings. The average molecular weight is 442 g/mol. The molecule has 0 saturated carbocycles. The normalized spacial score (nSPS) is 11.4. The minimum absolute atomic E-state index is 0.236. The maximum Gasteiger partial charge on any atom is 0.276 e. The van der Waals surface area contributed by atoms with Crippen LogP contribution < -0.4 is 9.64 Å². The zero-order chi connectivity index (χ0) is 20.3. The topological polar surface area (TPSA) is 73.1 Å². The Bertz CT molecular complexity index is 1040. The second kappa shape index (κ2) is 8.35.